The second kappa shape index (κ2) is 4.13. The molecule has 6 heteroatoms. The van der Waals surface area contributed by atoms with Crippen molar-refractivity contribution in [2.24, 2.45) is 7.05 Å². The highest BCUT2D eigenvalue weighted by atomic mass is 32.1. The molecule has 0 spiro atoms. The van der Waals surface area contributed by atoms with E-state index in [0.717, 1.165) is 17.2 Å². The second-order valence-electron chi connectivity index (χ2n) is 3.81. The van der Waals surface area contributed by atoms with Crippen LogP contribution < -0.4 is 0 Å². The van der Waals surface area contributed by atoms with E-state index in [4.69, 9.17) is 0 Å². The van der Waals surface area contributed by atoms with Crippen molar-refractivity contribution in [2.45, 2.75) is 19.8 Å². The van der Waals surface area contributed by atoms with Crippen LogP contribution in [0.15, 0.2) is 12.3 Å². The van der Waals surface area contributed by atoms with Crippen LogP contribution in [-0.2, 0) is 7.05 Å². The summed E-state index contributed by atoms with van der Waals surface area (Å²) in [4.78, 5) is 12.8. The van der Waals surface area contributed by atoms with Gasteiger partial charge in [-0.3, -0.25) is 9.48 Å². The number of hydrogen-bond acceptors (Lipinski definition) is 5. The van der Waals surface area contributed by atoms with E-state index in [9.17, 15) is 4.79 Å². The molecule has 0 atom stereocenters. The Hall–Kier alpha value is -1.56. The Morgan fingerprint density at radius 2 is 2.25 bits per heavy atom. The van der Waals surface area contributed by atoms with E-state index in [1.165, 1.54) is 0 Å². The number of carbonyl (C=O) groups is 1. The van der Waals surface area contributed by atoms with Gasteiger partial charge >= 0.3 is 0 Å². The molecule has 0 unspecified atom stereocenters. The molecule has 2 heterocycles. The molecule has 2 aromatic rings. The third-order valence-corrected chi connectivity index (χ3v) is 3.06. The Morgan fingerprint density at radius 1 is 1.50 bits per heavy atom. The first kappa shape index (κ1) is 10.9. The van der Waals surface area contributed by atoms with Gasteiger partial charge in [-0.15, -0.1) is 5.10 Å². The van der Waals surface area contributed by atoms with Gasteiger partial charge in [-0.05, 0) is 23.5 Å². The molecule has 16 heavy (non-hydrogen) atoms. The average molecular weight is 236 g/mol. The third-order valence-electron chi connectivity index (χ3n) is 2.32. The molecule has 0 saturated heterocycles. The normalized spacial score (nSPS) is 11.0. The molecule has 2 aromatic heterocycles. The van der Waals surface area contributed by atoms with E-state index < -0.39 is 0 Å². The summed E-state index contributed by atoms with van der Waals surface area (Å²) in [5.74, 6) is 0.143. The number of rotatable bonds is 3. The zero-order valence-corrected chi connectivity index (χ0v) is 10.2. The molecule has 5 nitrogen and oxygen atoms in total. The van der Waals surface area contributed by atoms with E-state index in [-0.39, 0.29) is 11.7 Å². The Morgan fingerprint density at radius 3 is 2.81 bits per heavy atom. The largest absolute Gasteiger partial charge is 0.286 e. The lowest BCUT2D eigenvalue weighted by Crippen LogP contribution is -2.09. The van der Waals surface area contributed by atoms with Crippen molar-refractivity contribution in [3.63, 3.8) is 0 Å². The monoisotopic (exact) mass is 236 g/mol. The number of aromatic nitrogens is 4. The number of nitrogens with zero attached hydrogens (tertiary/aromatic N) is 4. The van der Waals surface area contributed by atoms with Crippen LogP contribution in [0.5, 0.6) is 0 Å². The maximum Gasteiger partial charge on any atom is 0.224 e. The van der Waals surface area contributed by atoms with Gasteiger partial charge in [-0.25, -0.2) is 0 Å². The number of hydrogen-bond donors (Lipinski definition) is 0. The van der Waals surface area contributed by atoms with Crippen molar-refractivity contribution in [1.82, 2.24) is 19.4 Å². The molecule has 0 saturated carbocycles. The molecule has 0 aliphatic carbocycles. The highest BCUT2D eigenvalue weighted by Crippen LogP contribution is 2.22. The number of aryl methyl sites for hydroxylation is 1. The molecular weight excluding hydrogens is 224 g/mol. The predicted molar refractivity (Wildman–Crippen MR) is 60.6 cm³/mol. The van der Waals surface area contributed by atoms with Crippen molar-refractivity contribution in [3.8, 4) is 0 Å². The van der Waals surface area contributed by atoms with E-state index in [1.54, 1.807) is 24.0 Å². The minimum atomic E-state index is -0.0568. The van der Waals surface area contributed by atoms with Crippen molar-refractivity contribution in [2.75, 3.05) is 0 Å². The molecule has 84 valence electrons. The summed E-state index contributed by atoms with van der Waals surface area (Å²) in [7, 11) is 1.75. The zero-order chi connectivity index (χ0) is 11.7. The maximum absolute atomic E-state index is 12.2. The standard InChI is InChI=1S/C10H12N4OS/c1-6(2)8-10(16-13-12-8)9(15)7-4-5-11-14(7)3/h4-6H,1-3H3. The van der Waals surface area contributed by atoms with Gasteiger partial charge in [0, 0.05) is 13.2 Å². The molecule has 0 bridgehead atoms. The van der Waals surface area contributed by atoms with Crippen molar-refractivity contribution in [3.05, 3.63) is 28.5 Å². The van der Waals surface area contributed by atoms with Crippen molar-refractivity contribution >= 4 is 17.3 Å². The van der Waals surface area contributed by atoms with Crippen LogP contribution in [0.4, 0.5) is 0 Å². The lowest BCUT2D eigenvalue weighted by atomic mass is 10.1. The molecule has 0 aliphatic heterocycles. The Bertz CT molecular complexity index is 514. The number of ketones is 1. The van der Waals surface area contributed by atoms with Crippen LogP contribution in [0.1, 0.15) is 40.8 Å². The lowest BCUT2D eigenvalue weighted by Gasteiger charge is -2.03. The van der Waals surface area contributed by atoms with Gasteiger partial charge in [0.15, 0.2) is 0 Å². The van der Waals surface area contributed by atoms with E-state index in [1.807, 2.05) is 13.8 Å². The summed E-state index contributed by atoms with van der Waals surface area (Å²) in [6.07, 6.45) is 1.61. The topological polar surface area (TPSA) is 60.7 Å². The zero-order valence-electron chi connectivity index (χ0n) is 9.34. The minimum absolute atomic E-state index is 0.0568. The van der Waals surface area contributed by atoms with Crippen LogP contribution in [0.2, 0.25) is 0 Å². The highest BCUT2D eigenvalue weighted by molar-refractivity contribution is 7.08. The second-order valence-corrected chi connectivity index (χ2v) is 4.57. The fraction of sp³-hybridized carbons (Fsp3) is 0.400. The van der Waals surface area contributed by atoms with Gasteiger partial charge in [-0.1, -0.05) is 18.3 Å². The van der Waals surface area contributed by atoms with Crippen LogP contribution in [0.25, 0.3) is 0 Å². The molecule has 0 N–H and O–H groups in total. The van der Waals surface area contributed by atoms with Crippen molar-refractivity contribution < 1.29 is 4.79 Å². The minimum Gasteiger partial charge on any atom is -0.286 e. The van der Waals surface area contributed by atoms with Gasteiger partial charge < -0.3 is 0 Å². The van der Waals surface area contributed by atoms with Gasteiger partial charge in [-0.2, -0.15) is 5.10 Å². The molecule has 0 fully saturated rings. The first-order valence-electron chi connectivity index (χ1n) is 4.96. The molecule has 0 aliphatic rings. The first-order chi connectivity index (χ1) is 7.61. The van der Waals surface area contributed by atoms with Gasteiger partial charge in [0.05, 0.1) is 5.69 Å². The van der Waals surface area contributed by atoms with Crippen molar-refractivity contribution in [1.29, 1.82) is 0 Å². The molecule has 0 aromatic carbocycles. The number of carbonyl (C=O) groups excluding carboxylic acids is 1. The molecule has 2 rings (SSSR count). The molecular formula is C10H12N4OS. The summed E-state index contributed by atoms with van der Waals surface area (Å²) < 4.78 is 5.41. The SMILES string of the molecule is CC(C)c1nnsc1C(=O)c1ccnn1C. The van der Waals surface area contributed by atoms with Crippen LogP contribution in [0, 0.1) is 0 Å². The summed E-state index contributed by atoms with van der Waals surface area (Å²) >= 11 is 1.14. The Balaban J connectivity index is 2.42. The Labute approximate surface area is 97.3 Å². The Kier molecular flexibility index (Phi) is 2.82. The van der Waals surface area contributed by atoms with Gasteiger partial charge in [0.2, 0.25) is 5.78 Å². The first-order valence-corrected chi connectivity index (χ1v) is 5.73. The van der Waals surface area contributed by atoms with Crippen LogP contribution in [-0.4, -0.2) is 25.2 Å². The molecule has 0 radical (unpaired) electrons. The van der Waals surface area contributed by atoms with Gasteiger partial charge in [0.25, 0.3) is 0 Å². The van der Waals surface area contributed by atoms with Crippen LogP contribution >= 0.6 is 11.5 Å². The van der Waals surface area contributed by atoms with Gasteiger partial charge in [0.1, 0.15) is 10.6 Å². The van der Waals surface area contributed by atoms with Crippen LogP contribution in [0.3, 0.4) is 0 Å². The highest BCUT2D eigenvalue weighted by Gasteiger charge is 2.21. The fourth-order valence-corrected chi connectivity index (χ4v) is 2.21. The van der Waals surface area contributed by atoms with E-state index in [2.05, 4.69) is 14.7 Å². The third kappa shape index (κ3) is 1.76. The fourth-order valence-electron chi connectivity index (χ4n) is 1.45. The predicted octanol–water partition coefficient (Wildman–Crippen LogP) is 1.63. The van der Waals surface area contributed by atoms with E-state index in [0.29, 0.717) is 10.6 Å². The smallest absolute Gasteiger partial charge is 0.224 e. The summed E-state index contributed by atoms with van der Waals surface area (Å²) in [6, 6.07) is 1.70. The maximum atomic E-state index is 12.2. The quantitative estimate of drug-likeness (QED) is 0.760. The summed E-state index contributed by atoms with van der Waals surface area (Å²) in [5, 5.41) is 7.98. The lowest BCUT2D eigenvalue weighted by molar-refractivity contribution is 0.103. The average Bonchev–Trinajstić information content (AvgIpc) is 2.84. The summed E-state index contributed by atoms with van der Waals surface area (Å²) in [5.41, 5.74) is 1.32. The summed E-state index contributed by atoms with van der Waals surface area (Å²) in [6.45, 7) is 3.99. The molecule has 0 amide bonds. The van der Waals surface area contributed by atoms with E-state index >= 15 is 0 Å².